The average Bonchev–Trinajstić information content (AvgIpc) is 2.69. The highest BCUT2D eigenvalue weighted by Crippen LogP contribution is 2.28. The van der Waals surface area contributed by atoms with Crippen LogP contribution in [0, 0.1) is 6.92 Å². The van der Waals surface area contributed by atoms with Gasteiger partial charge in [-0.3, -0.25) is 0 Å². The van der Waals surface area contributed by atoms with Gasteiger partial charge in [-0.05, 0) is 38.1 Å². The fourth-order valence-corrected chi connectivity index (χ4v) is 4.90. The molecule has 1 rings (SSSR count). The molecule has 1 heterocycles. The molecule has 0 aromatic carbocycles. The van der Waals surface area contributed by atoms with Crippen molar-refractivity contribution >= 4 is 27.3 Å². The molecule has 0 unspecified atom stereocenters. The van der Waals surface area contributed by atoms with Gasteiger partial charge in [-0.2, -0.15) is 0 Å². The van der Waals surface area contributed by atoms with E-state index >= 15 is 0 Å². The van der Waals surface area contributed by atoms with Gasteiger partial charge in [0.05, 0.1) is 7.11 Å². The van der Waals surface area contributed by atoms with Crippen LogP contribution >= 0.6 is 11.3 Å². The number of ether oxygens (including phenoxy) is 1. The van der Waals surface area contributed by atoms with Crippen molar-refractivity contribution in [3.63, 3.8) is 0 Å². The van der Waals surface area contributed by atoms with Crippen LogP contribution in [0.15, 0.2) is 10.3 Å². The SMILES string of the molecule is COC(=O)c1scc(C)c1S(=O)(=O)NC(C)(C)CCO. The minimum atomic E-state index is -3.86. The van der Waals surface area contributed by atoms with Crippen LogP contribution in [0.5, 0.6) is 0 Å². The zero-order valence-corrected chi connectivity index (χ0v) is 13.5. The Hall–Kier alpha value is -0.960. The number of aryl methyl sites for hydroxylation is 1. The summed E-state index contributed by atoms with van der Waals surface area (Å²) in [5.74, 6) is -0.677. The molecular formula is C12H19NO5S2. The number of esters is 1. The molecule has 6 nitrogen and oxygen atoms in total. The second-order valence-corrected chi connectivity index (χ2v) is 7.53. The van der Waals surface area contributed by atoms with Crippen LogP contribution in [0.3, 0.4) is 0 Å². The van der Waals surface area contributed by atoms with Gasteiger partial charge in [0, 0.05) is 12.1 Å². The molecule has 1 aromatic heterocycles. The van der Waals surface area contributed by atoms with Gasteiger partial charge in [-0.25, -0.2) is 17.9 Å². The van der Waals surface area contributed by atoms with E-state index < -0.39 is 21.5 Å². The highest BCUT2D eigenvalue weighted by Gasteiger charge is 2.32. The Morgan fingerprint density at radius 1 is 1.50 bits per heavy atom. The number of carbonyl (C=O) groups is 1. The van der Waals surface area contributed by atoms with Crippen LogP contribution in [-0.4, -0.2) is 38.7 Å². The first kappa shape index (κ1) is 17.1. The standard InChI is InChI=1S/C12H19NO5S2/c1-8-7-19-9(11(15)18-4)10(8)20(16,17)13-12(2,3)5-6-14/h7,13-14H,5-6H2,1-4H3. The van der Waals surface area contributed by atoms with Gasteiger partial charge in [0.25, 0.3) is 0 Å². The number of methoxy groups -OCH3 is 1. The Bertz CT molecular complexity index is 589. The van der Waals surface area contributed by atoms with E-state index in [0.717, 1.165) is 11.3 Å². The van der Waals surface area contributed by atoms with Gasteiger partial charge in [0.2, 0.25) is 10.0 Å². The fraction of sp³-hybridized carbons (Fsp3) is 0.583. The molecule has 0 spiro atoms. The number of aliphatic hydroxyl groups is 1. The molecule has 1 aromatic rings. The third-order valence-corrected chi connectivity index (χ3v) is 5.80. The topological polar surface area (TPSA) is 92.7 Å². The summed E-state index contributed by atoms with van der Waals surface area (Å²) in [4.78, 5) is 11.6. The zero-order chi connectivity index (χ0) is 15.6. The zero-order valence-electron chi connectivity index (χ0n) is 11.9. The molecular weight excluding hydrogens is 302 g/mol. The molecule has 0 aliphatic rings. The largest absolute Gasteiger partial charge is 0.465 e. The van der Waals surface area contributed by atoms with Crippen LogP contribution in [0.2, 0.25) is 0 Å². The fourth-order valence-electron chi connectivity index (χ4n) is 1.75. The lowest BCUT2D eigenvalue weighted by Gasteiger charge is -2.25. The van der Waals surface area contributed by atoms with Crippen LogP contribution in [0.1, 0.15) is 35.5 Å². The number of sulfonamides is 1. The summed E-state index contributed by atoms with van der Waals surface area (Å²) in [5, 5.41) is 10.6. The number of hydrogen-bond acceptors (Lipinski definition) is 6. The summed E-state index contributed by atoms with van der Waals surface area (Å²) >= 11 is 1.03. The smallest absolute Gasteiger partial charge is 0.349 e. The minimum absolute atomic E-state index is 0.0531. The molecule has 0 fully saturated rings. The second-order valence-electron chi connectivity index (χ2n) is 5.03. The van der Waals surface area contributed by atoms with Crippen molar-refractivity contribution in [1.29, 1.82) is 0 Å². The Morgan fingerprint density at radius 3 is 2.60 bits per heavy atom. The number of thiophene rings is 1. The van der Waals surface area contributed by atoms with Crippen molar-refractivity contribution in [2.24, 2.45) is 0 Å². The van der Waals surface area contributed by atoms with Crippen molar-refractivity contribution in [2.45, 2.75) is 37.6 Å². The first-order valence-electron chi connectivity index (χ1n) is 5.96. The lowest BCUT2D eigenvalue weighted by molar-refractivity contribution is 0.0602. The Morgan fingerprint density at radius 2 is 2.10 bits per heavy atom. The van der Waals surface area contributed by atoms with Crippen molar-refractivity contribution in [1.82, 2.24) is 4.72 Å². The summed E-state index contributed by atoms with van der Waals surface area (Å²) < 4.78 is 32.0. The van der Waals surface area contributed by atoms with E-state index in [1.807, 2.05) is 0 Å². The monoisotopic (exact) mass is 321 g/mol. The number of hydrogen-bond donors (Lipinski definition) is 2. The Kier molecular flexibility index (Phi) is 5.31. The van der Waals surface area contributed by atoms with E-state index in [4.69, 9.17) is 5.11 Å². The van der Waals surface area contributed by atoms with Gasteiger partial charge in [-0.15, -0.1) is 11.3 Å². The summed E-state index contributed by atoms with van der Waals surface area (Å²) in [6, 6.07) is 0. The van der Waals surface area contributed by atoms with E-state index in [2.05, 4.69) is 9.46 Å². The van der Waals surface area contributed by atoms with E-state index in [-0.39, 0.29) is 22.8 Å². The highest BCUT2D eigenvalue weighted by atomic mass is 32.2. The number of rotatable bonds is 6. The average molecular weight is 321 g/mol. The Labute approximate surface area is 122 Å². The summed E-state index contributed by atoms with van der Waals surface area (Å²) in [7, 11) is -2.66. The lowest BCUT2D eigenvalue weighted by Crippen LogP contribution is -2.44. The predicted molar refractivity (Wildman–Crippen MR) is 76.5 cm³/mol. The molecule has 2 N–H and O–H groups in total. The number of nitrogens with one attached hydrogen (secondary N) is 1. The lowest BCUT2D eigenvalue weighted by atomic mass is 10.0. The minimum Gasteiger partial charge on any atom is -0.465 e. The first-order valence-corrected chi connectivity index (χ1v) is 8.32. The third-order valence-electron chi connectivity index (χ3n) is 2.70. The molecule has 0 saturated carbocycles. The van der Waals surface area contributed by atoms with Crippen LogP contribution in [0.25, 0.3) is 0 Å². The molecule has 20 heavy (non-hydrogen) atoms. The quantitative estimate of drug-likeness (QED) is 0.770. The predicted octanol–water partition coefficient (Wildman–Crippen LogP) is 1.28. The van der Waals surface area contributed by atoms with Crippen LogP contribution in [-0.2, 0) is 14.8 Å². The van der Waals surface area contributed by atoms with Crippen molar-refractivity contribution in [2.75, 3.05) is 13.7 Å². The molecule has 0 atom stereocenters. The summed E-state index contributed by atoms with van der Waals surface area (Å²) in [6.07, 6.45) is 0.267. The maximum absolute atomic E-state index is 12.5. The first-order chi connectivity index (χ1) is 9.14. The van der Waals surface area contributed by atoms with Crippen molar-refractivity contribution < 1.29 is 23.1 Å². The van der Waals surface area contributed by atoms with Gasteiger partial charge in [-0.1, -0.05) is 0 Å². The molecule has 0 bridgehead atoms. The molecule has 0 radical (unpaired) electrons. The molecule has 0 aliphatic heterocycles. The van der Waals surface area contributed by atoms with Crippen molar-refractivity contribution in [3.05, 3.63) is 15.8 Å². The molecule has 8 heteroatoms. The van der Waals surface area contributed by atoms with Crippen LogP contribution < -0.4 is 4.72 Å². The van der Waals surface area contributed by atoms with Gasteiger partial charge in [0.1, 0.15) is 9.77 Å². The van der Waals surface area contributed by atoms with Gasteiger partial charge < -0.3 is 9.84 Å². The van der Waals surface area contributed by atoms with E-state index in [1.54, 1.807) is 26.2 Å². The van der Waals surface area contributed by atoms with Gasteiger partial charge in [0.15, 0.2) is 0 Å². The number of aliphatic hydroxyl groups excluding tert-OH is 1. The molecule has 0 amide bonds. The molecule has 0 aliphatic carbocycles. The normalized spacial score (nSPS) is 12.4. The summed E-state index contributed by atoms with van der Waals surface area (Å²) in [6.45, 7) is 4.82. The van der Waals surface area contributed by atoms with Crippen molar-refractivity contribution in [3.8, 4) is 0 Å². The molecule has 114 valence electrons. The second kappa shape index (κ2) is 6.21. The van der Waals surface area contributed by atoms with E-state index in [1.165, 1.54) is 7.11 Å². The Balaban J connectivity index is 3.23. The maximum atomic E-state index is 12.5. The highest BCUT2D eigenvalue weighted by molar-refractivity contribution is 7.89. The summed E-state index contributed by atoms with van der Waals surface area (Å²) in [5.41, 5.74) is -0.322. The van der Waals surface area contributed by atoms with Crippen LogP contribution in [0.4, 0.5) is 0 Å². The number of carbonyl (C=O) groups excluding carboxylic acids is 1. The van der Waals surface area contributed by atoms with E-state index in [0.29, 0.717) is 5.56 Å². The third kappa shape index (κ3) is 3.78. The molecule has 0 saturated heterocycles. The van der Waals surface area contributed by atoms with Gasteiger partial charge >= 0.3 is 5.97 Å². The van der Waals surface area contributed by atoms with E-state index in [9.17, 15) is 13.2 Å². The maximum Gasteiger partial charge on any atom is 0.349 e.